The Morgan fingerprint density at radius 2 is 1.80 bits per heavy atom. The molecular formula is C26H34F7N7O4Si. The van der Waals surface area contributed by atoms with Crippen LogP contribution in [-0.4, -0.2) is 72.2 Å². The van der Waals surface area contributed by atoms with Gasteiger partial charge in [-0.15, -0.1) is 0 Å². The van der Waals surface area contributed by atoms with E-state index in [2.05, 4.69) is 45.5 Å². The summed E-state index contributed by atoms with van der Waals surface area (Å²) < 4.78 is 100. The van der Waals surface area contributed by atoms with E-state index in [0.717, 1.165) is 18.3 Å². The van der Waals surface area contributed by atoms with Crippen molar-refractivity contribution < 1.29 is 45.1 Å². The second kappa shape index (κ2) is 14.7. The van der Waals surface area contributed by atoms with Crippen molar-refractivity contribution in [1.29, 1.82) is 0 Å². The maximum atomic E-state index is 14.7. The summed E-state index contributed by atoms with van der Waals surface area (Å²) in [4.78, 5) is 38.5. The van der Waals surface area contributed by atoms with Crippen LogP contribution >= 0.6 is 0 Å². The molecule has 0 aromatic carbocycles. The standard InChI is InChI=1S/C26H34F7N7O4Si/c1-16(37-20-12-36-40(15-43-7-8-45(2,3)4)23(42)22(20)26(31,32)33)14-44-38-21(41)9-17-5-6-39(13-19(17)27)24-34-10-18(11-35-24)25(28,29)30/h9-12,16,19,37H,5-8,13-15H2,1-4H3,(H,38,41)/b17-9+/t16-,19?/m0/s1. The molecule has 2 atom stereocenters. The second-order valence-electron chi connectivity index (χ2n) is 11.6. The third kappa shape index (κ3) is 10.8. The maximum absolute atomic E-state index is 14.7. The van der Waals surface area contributed by atoms with Gasteiger partial charge in [-0.3, -0.25) is 14.4 Å². The fourth-order valence-electron chi connectivity index (χ4n) is 4.03. The first-order valence-electron chi connectivity index (χ1n) is 13.8. The van der Waals surface area contributed by atoms with Gasteiger partial charge < -0.3 is 15.0 Å². The minimum Gasteiger partial charge on any atom is -0.378 e. The first kappa shape index (κ1) is 35.9. The average molecular weight is 670 g/mol. The number of nitrogens with zero attached hydrogens (tertiary/aromatic N) is 5. The molecular weight excluding hydrogens is 635 g/mol. The minimum absolute atomic E-state index is 0.0407. The van der Waals surface area contributed by atoms with Crippen LogP contribution in [0.15, 0.2) is 35.0 Å². The molecule has 1 saturated heterocycles. The number of rotatable bonds is 12. The van der Waals surface area contributed by atoms with Gasteiger partial charge in [0.2, 0.25) is 5.95 Å². The third-order valence-electron chi connectivity index (χ3n) is 6.46. The number of alkyl halides is 7. The van der Waals surface area contributed by atoms with Gasteiger partial charge in [-0.25, -0.2) is 24.5 Å². The Kier molecular flexibility index (Phi) is 11.7. The van der Waals surface area contributed by atoms with Gasteiger partial charge in [0.1, 0.15) is 18.5 Å². The van der Waals surface area contributed by atoms with Crippen molar-refractivity contribution in [3.05, 3.63) is 51.7 Å². The predicted octanol–water partition coefficient (Wildman–Crippen LogP) is 4.41. The van der Waals surface area contributed by atoms with Gasteiger partial charge in [-0.2, -0.15) is 31.4 Å². The number of carbonyl (C=O) groups excluding carboxylic acids is 1. The number of hydrogen-bond donors (Lipinski definition) is 2. The fraction of sp³-hybridized carbons (Fsp3) is 0.577. The van der Waals surface area contributed by atoms with E-state index in [4.69, 9.17) is 9.57 Å². The summed E-state index contributed by atoms with van der Waals surface area (Å²) >= 11 is 0. The largest absolute Gasteiger partial charge is 0.423 e. The summed E-state index contributed by atoms with van der Waals surface area (Å²) in [6, 6.07) is -0.0857. The van der Waals surface area contributed by atoms with E-state index >= 15 is 0 Å². The Morgan fingerprint density at radius 1 is 1.13 bits per heavy atom. The van der Waals surface area contributed by atoms with Crippen LogP contribution < -0.4 is 21.3 Å². The highest BCUT2D eigenvalue weighted by Crippen LogP contribution is 2.32. The number of ether oxygens (including phenoxy) is 1. The number of piperidine rings is 1. The summed E-state index contributed by atoms with van der Waals surface area (Å²) in [7, 11) is -1.44. The number of aromatic nitrogens is 4. The molecule has 0 radical (unpaired) electrons. The highest BCUT2D eigenvalue weighted by Gasteiger charge is 2.38. The zero-order valence-corrected chi connectivity index (χ0v) is 25.9. The topological polar surface area (TPSA) is 124 Å². The zero-order chi connectivity index (χ0) is 33.6. The van der Waals surface area contributed by atoms with Gasteiger partial charge in [-0.05, 0) is 25.0 Å². The maximum Gasteiger partial charge on any atom is 0.423 e. The van der Waals surface area contributed by atoms with Crippen molar-refractivity contribution in [2.75, 3.05) is 36.5 Å². The van der Waals surface area contributed by atoms with Crippen LogP contribution in [0.3, 0.4) is 0 Å². The third-order valence-corrected chi connectivity index (χ3v) is 8.17. The summed E-state index contributed by atoms with van der Waals surface area (Å²) in [5.41, 5.74) is -2.33. The highest BCUT2D eigenvalue weighted by atomic mass is 28.3. The lowest BCUT2D eigenvalue weighted by atomic mass is 10.0. The molecule has 1 aliphatic heterocycles. The van der Waals surface area contributed by atoms with Crippen molar-refractivity contribution in [3.63, 3.8) is 0 Å². The van der Waals surface area contributed by atoms with Crippen LogP contribution in [-0.2, 0) is 33.5 Å². The van der Waals surface area contributed by atoms with E-state index in [-0.39, 0.29) is 44.2 Å². The second-order valence-corrected chi connectivity index (χ2v) is 17.2. The first-order chi connectivity index (χ1) is 20.8. The molecule has 2 aromatic heterocycles. The summed E-state index contributed by atoms with van der Waals surface area (Å²) in [5.74, 6) is -0.931. The Hall–Kier alpha value is -3.58. The summed E-state index contributed by atoms with van der Waals surface area (Å²) in [6.07, 6.45) is -8.21. The van der Waals surface area contributed by atoms with E-state index in [1.54, 1.807) is 0 Å². The fourth-order valence-corrected chi connectivity index (χ4v) is 4.79. The van der Waals surface area contributed by atoms with Gasteiger partial charge in [0.05, 0.1) is 30.6 Å². The van der Waals surface area contributed by atoms with Crippen molar-refractivity contribution in [2.45, 2.75) is 70.3 Å². The predicted molar refractivity (Wildman–Crippen MR) is 152 cm³/mol. The van der Waals surface area contributed by atoms with Crippen LogP contribution in [0.25, 0.3) is 0 Å². The molecule has 1 amide bonds. The number of anilines is 2. The van der Waals surface area contributed by atoms with Gasteiger partial charge in [0.15, 0.2) is 0 Å². The van der Waals surface area contributed by atoms with Crippen LogP contribution in [0, 0.1) is 0 Å². The van der Waals surface area contributed by atoms with Crippen LogP contribution in [0.1, 0.15) is 24.5 Å². The number of nitrogens with one attached hydrogen (secondary N) is 2. The normalized spacial score (nSPS) is 17.8. The Balaban J connectivity index is 1.52. The Labute approximate surface area is 254 Å². The minimum atomic E-state index is -5.00. The summed E-state index contributed by atoms with van der Waals surface area (Å²) in [5, 5.41) is 6.28. The molecule has 2 aromatic rings. The van der Waals surface area contributed by atoms with Gasteiger partial charge in [0, 0.05) is 45.7 Å². The molecule has 11 nitrogen and oxygen atoms in total. The van der Waals surface area contributed by atoms with Crippen LogP contribution in [0.2, 0.25) is 25.7 Å². The van der Waals surface area contributed by atoms with Gasteiger partial charge >= 0.3 is 12.4 Å². The van der Waals surface area contributed by atoms with E-state index in [1.165, 1.54) is 11.8 Å². The van der Waals surface area contributed by atoms with Crippen LogP contribution in [0.5, 0.6) is 0 Å². The lowest BCUT2D eigenvalue weighted by Crippen LogP contribution is -2.39. The number of hydroxylamine groups is 1. The number of carbonyl (C=O) groups is 1. The van der Waals surface area contributed by atoms with Gasteiger partial charge in [0.25, 0.3) is 11.5 Å². The highest BCUT2D eigenvalue weighted by molar-refractivity contribution is 6.76. The molecule has 1 fully saturated rings. The summed E-state index contributed by atoms with van der Waals surface area (Å²) in [6.45, 7) is 7.08. The molecule has 1 aliphatic rings. The van der Waals surface area contributed by atoms with E-state index in [1.807, 2.05) is 0 Å². The van der Waals surface area contributed by atoms with Crippen molar-refractivity contribution in [1.82, 2.24) is 25.2 Å². The van der Waals surface area contributed by atoms with Crippen molar-refractivity contribution in [3.8, 4) is 0 Å². The molecule has 0 aliphatic carbocycles. The Morgan fingerprint density at radius 3 is 2.38 bits per heavy atom. The van der Waals surface area contributed by atoms with Crippen molar-refractivity contribution >= 4 is 25.6 Å². The monoisotopic (exact) mass is 669 g/mol. The van der Waals surface area contributed by atoms with Gasteiger partial charge in [-0.1, -0.05) is 19.6 Å². The smallest absolute Gasteiger partial charge is 0.378 e. The number of amides is 1. The molecule has 0 bridgehead atoms. The zero-order valence-electron chi connectivity index (χ0n) is 24.9. The molecule has 1 unspecified atom stereocenters. The molecule has 0 saturated carbocycles. The number of hydrogen-bond acceptors (Lipinski definition) is 9. The van der Waals surface area contributed by atoms with Crippen LogP contribution in [0.4, 0.5) is 42.4 Å². The molecule has 45 heavy (non-hydrogen) atoms. The molecule has 2 N–H and O–H groups in total. The molecule has 3 heterocycles. The molecule has 250 valence electrons. The first-order valence-corrected chi connectivity index (χ1v) is 17.5. The molecule has 3 rings (SSSR count). The average Bonchev–Trinajstić information content (AvgIpc) is 2.91. The number of halogens is 7. The lowest BCUT2D eigenvalue weighted by Gasteiger charge is -2.30. The molecule has 19 heteroatoms. The quantitative estimate of drug-likeness (QED) is 0.111. The van der Waals surface area contributed by atoms with E-state index in [9.17, 15) is 40.3 Å². The van der Waals surface area contributed by atoms with Crippen molar-refractivity contribution in [2.24, 2.45) is 0 Å². The van der Waals surface area contributed by atoms with E-state index < -0.39 is 67.7 Å². The lowest BCUT2D eigenvalue weighted by molar-refractivity contribution is -0.139. The SMILES string of the molecule is C[C@@H](CONC(=O)/C=C1\CCN(c2ncc(C(F)(F)F)cn2)CC1F)Nc1cnn(COCC[Si](C)(C)C)c(=O)c1C(F)(F)F. The van der Waals surface area contributed by atoms with E-state index in [0.29, 0.717) is 17.1 Å². The molecule has 0 spiro atoms. The Bertz CT molecular complexity index is 1400.